The van der Waals surface area contributed by atoms with E-state index in [0.29, 0.717) is 18.7 Å². The van der Waals surface area contributed by atoms with Crippen LogP contribution >= 0.6 is 11.6 Å². The Morgan fingerprint density at radius 3 is 2.68 bits per heavy atom. The second-order valence-corrected chi connectivity index (χ2v) is 9.08. The molecule has 124 valence electrons. The summed E-state index contributed by atoms with van der Waals surface area (Å²) >= 11 is 6.10. The fourth-order valence-corrected chi connectivity index (χ4v) is 4.99. The van der Waals surface area contributed by atoms with E-state index in [2.05, 4.69) is 4.72 Å². The van der Waals surface area contributed by atoms with E-state index in [0.717, 1.165) is 0 Å². The molecule has 0 atom stereocenters. The molecule has 1 aromatic rings. The predicted molar refractivity (Wildman–Crippen MR) is 86.5 cm³/mol. The summed E-state index contributed by atoms with van der Waals surface area (Å²) in [7, 11) is -5.45. The molecule has 0 saturated carbocycles. The minimum absolute atomic E-state index is 0.0766. The highest BCUT2D eigenvalue weighted by Gasteiger charge is 2.29. The van der Waals surface area contributed by atoms with Gasteiger partial charge in [-0.2, -0.15) is 0 Å². The van der Waals surface area contributed by atoms with Crippen LogP contribution < -0.4 is 9.03 Å². The number of methoxy groups -OCH3 is 1. The minimum atomic E-state index is -3.53. The third-order valence-electron chi connectivity index (χ3n) is 3.15. The summed E-state index contributed by atoms with van der Waals surface area (Å²) in [6.45, 7) is 0.453. The topological polar surface area (TPSA) is 92.8 Å². The van der Waals surface area contributed by atoms with Crippen LogP contribution in [0.25, 0.3) is 0 Å². The van der Waals surface area contributed by atoms with Gasteiger partial charge in [0.15, 0.2) is 0 Å². The lowest BCUT2D eigenvalue weighted by atomic mass is 10.3. The van der Waals surface area contributed by atoms with Gasteiger partial charge in [-0.3, -0.25) is 9.03 Å². The smallest absolute Gasteiger partial charge is 0.235 e. The molecule has 0 aliphatic carbocycles. The number of hydrogen-bond donors (Lipinski definition) is 1. The molecule has 1 N–H and O–H groups in total. The van der Waals surface area contributed by atoms with Crippen molar-refractivity contribution in [3.8, 4) is 0 Å². The average Bonchev–Trinajstić information content (AvgIpc) is 2.76. The van der Waals surface area contributed by atoms with E-state index in [9.17, 15) is 16.8 Å². The third kappa shape index (κ3) is 4.03. The van der Waals surface area contributed by atoms with Crippen molar-refractivity contribution in [2.24, 2.45) is 0 Å². The highest BCUT2D eigenvalue weighted by Crippen LogP contribution is 2.33. The molecule has 1 aromatic carbocycles. The van der Waals surface area contributed by atoms with Crippen LogP contribution in [0, 0.1) is 0 Å². The lowest BCUT2D eigenvalue weighted by Crippen LogP contribution is -2.25. The van der Waals surface area contributed by atoms with Crippen molar-refractivity contribution >= 4 is 43.0 Å². The molecule has 0 aromatic heterocycles. The summed E-state index contributed by atoms with van der Waals surface area (Å²) in [5, 5.41) is 0.178. The molecule has 0 amide bonds. The number of ether oxygens (including phenoxy) is 1. The zero-order chi connectivity index (χ0) is 16.4. The highest BCUT2D eigenvalue weighted by atomic mass is 35.5. The standard InChI is InChI=1S/C12H17ClN2O5S2/c1-20-6-8-21(16,17)14-10-3-4-12(11(13)9-10)15-5-2-7-22(15,18)19/h3-4,9,14H,2,5-8H2,1H3. The lowest BCUT2D eigenvalue weighted by Gasteiger charge is -2.19. The molecule has 0 bridgehead atoms. The van der Waals surface area contributed by atoms with Crippen molar-refractivity contribution in [3.63, 3.8) is 0 Å². The van der Waals surface area contributed by atoms with Gasteiger partial charge < -0.3 is 4.74 Å². The Bertz CT molecular complexity index is 749. The van der Waals surface area contributed by atoms with Crippen molar-refractivity contribution in [2.75, 3.05) is 40.8 Å². The van der Waals surface area contributed by atoms with Gasteiger partial charge in [0.05, 0.1) is 34.5 Å². The number of benzene rings is 1. The Morgan fingerprint density at radius 2 is 2.14 bits per heavy atom. The Morgan fingerprint density at radius 1 is 1.41 bits per heavy atom. The molecule has 0 unspecified atom stereocenters. The molecule has 7 nitrogen and oxygen atoms in total. The van der Waals surface area contributed by atoms with Crippen molar-refractivity contribution in [3.05, 3.63) is 23.2 Å². The van der Waals surface area contributed by atoms with Gasteiger partial charge in [0.25, 0.3) is 0 Å². The molecule has 22 heavy (non-hydrogen) atoms. The zero-order valence-electron chi connectivity index (χ0n) is 12.0. The largest absolute Gasteiger partial charge is 0.384 e. The summed E-state index contributed by atoms with van der Waals surface area (Å²) in [5.41, 5.74) is 0.639. The van der Waals surface area contributed by atoms with Crippen LogP contribution in [0.15, 0.2) is 18.2 Å². The highest BCUT2D eigenvalue weighted by molar-refractivity contribution is 7.93. The number of rotatable bonds is 6. The number of sulfonamides is 2. The van der Waals surface area contributed by atoms with Crippen LogP contribution in [-0.4, -0.2) is 48.6 Å². The van der Waals surface area contributed by atoms with E-state index in [4.69, 9.17) is 16.3 Å². The molecule has 10 heteroatoms. The molecule has 1 saturated heterocycles. The van der Waals surface area contributed by atoms with Crippen LogP contribution in [0.3, 0.4) is 0 Å². The maximum atomic E-state index is 11.9. The number of anilines is 2. The van der Waals surface area contributed by atoms with Gasteiger partial charge in [-0.05, 0) is 24.6 Å². The van der Waals surface area contributed by atoms with Gasteiger partial charge in [-0.1, -0.05) is 11.6 Å². The molecule has 1 fully saturated rings. The Balaban J connectivity index is 2.20. The molecule has 1 heterocycles. The summed E-state index contributed by atoms with van der Waals surface area (Å²) in [6.07, 6.45) is 0.546. The van der Waals surface area contributed by atoms with E-state index in [-0.39, 0.29) is 28.8 Å². The first-order chi connectivity index (χ1) is 10.2. The van der Waals surface area contributed by atoms with E-state index in [1.807, 2.05) is 0 Å². The fraction of sp³-hybridized carbons (Fsp3) is 0.500. The minimum Gasteiger partial charge on any atom is -0.384 e. The zero-order valence-corrected chi connectivity index (χ0v) is 14.3. The second kappa shape index (κ2) is 6.61. The van der Waals surface area contributed by atoms with Crippen LogP contribution in [0.1, 0.15) is 6.42 Å². The van der Waals surface area contributed by atoms with Gasteiger partial charge >= 0.3 is 0 Å². The van der Waals surface area contributed by atoms with Crippen LogP contribution in [0.2, 0.25) is 5.02 Å². The van der Waals surface area contributed by atoms with Gasteiger partial charge in [-0.25, -0.2) is 16.8 Å². The first-order valence-corrected chi connectivity index (χ1v) is 10.2. The normalized spacial score (nSPS) is 17.6. The maximum Gasteiger partial charge on any atom is 0.235 e. The van der Waals surface area contributed by atoms with Gasteiger partial charge in [0.2, 0.25) is 20.0 Å². The number of nitrogens with zero attached hydrogens (tertiary/aromatic N) is 1. The molecular weight excluding hydrogens is 352 g/mol. The van der Waals surface area contributed by atoms with Gasteiger partial charge in [0, 0.05) is 13.7 Å². The monoisotopic (exact) mass is 368 g/mol. The van der Waals surface area contributed by atoms with E-state index in [1.165, 1.54) is 29.6 Å². The van der Waals surface area contributed by atoms with Crippen LogP contribution in [-0.2, 0) is 24.8 Å². The number of halogens is 1. The number of nitrogens with one attached hydrogen (secondary N) is 1. The van der Waals surface area contributed by atoms with Crippen LogP contribution in [0.5, 0.6) is 0 Å². The van der Waals surface area contributed by atoms with Gasteiger partial charge in [0.1, 0.15) is 0 Å². The molecule has 0 radical (unpaired) electrons. The molecule has 1 aliphatic rings. The van der Waals surface area contributed by atoms with Crippen molar-refractivity contribution in [2.45, 2.75) is 6.42 Å². The molecular formula is C12H17ClN2O5S2. The Labute approximate surface area is 135 Å². The second-order valence-electron chi connectivity index (χ2n) is 4.82. The SMILES string of the molecule is COCCS(=O)(=O)Nc1ccc(N2CCCS2(=O)=O)c(Cl)c1. The molecule has 1 aliphatic heterocycles. The van der Waals surface area contributed by atoms with Crippen LogP contribution in [0.4, 0.5) is 11.4 Å². The van der Waals surface area contributed by atoms with Crippen molar-refractivity contribution in [1.29, 1.82) is 0 Å². The summed E-state index contributed by atoms with van der Waals surface area (Å²) in [5.74, 6) is -0.0852. The predicted octanol–water partition coefficient (Wildman–Crippen LogP) is 1.27. The maximum absolute atomic E-state index is 11.9. The fourth-order valence-electron chi connectivity index (χ4n) is 2.11. The van der Waals surface area contributed by atoms with E-state index in [1.54, 1.807) is 0 Å². The summed E-state index contributed by atoms with van der Waals surface area (Å²) in [6, 6.07) is 4.38. The first kappa shape index (κ1) is 17.3. The number of hydrogen-bond acceptors (Lipinski definition) is 5. The Kier molecular flexibility index (Phi) is 5.21. The molecule has 2 rings (SSSR count). The van der Waals surface area contributed by atoms with Gasteiger partial charge in [-0.15, -0.1) is 0 Å². The lowest BCUT2D eigenvalue weighted by molar-refractivity contribution is 0.217. The first-order valence-electron chi connectivity index (χ1n) is 6.54. The summed E-state index contributed by atoms with van der Waals surface area (Å²) < 4.78 is 55.7. The Hall–Kier alpha value is -1.03. The van der Waals surface area contributed by atoms with E-state index < -0.39 is 20.0 Å². The van der Waals surface area contributed by atoms with Crippen molar-refractivity contribution in [1.82, 2.24) is 0 Å². The molecule has 0 spiro atoms. The average molecular weight is 369 g/mol. The van der Waals surface area contributed by atoms with E-state index >= 15 is 0 Å². The third-order valence-corrected chi connectivity index (χ3v) is 6.55. The quantitative estimate of drug-likeness (QED) is 0.816. The van der Waals surface area contributed by atoms with Crippen molar-refractivity contribution < 1.29 is 21.6 Å². The summed E-state index contributed by atoms with van der Waals surface area (Å²) in [4.78, 5) is 0.